The van der Waals surface area contributed by atoms with Gasteiger partial charge in [-0.05, 0) is 36.2 Å². The van der Waals surface area contributed by atoms with Crippen LogP contribution in [0.25, 0.3) is 11.1 Å². The summed E-state index contributed by atoms with van der Waals surface area (Å²) < 4.78 is 13.2. The first kappa shape index (κ1) is 12.3. The van der Waals surface area contributed by atoms with Gasteiger partial charge in [-0.3, -0.25) is 0 Å². The Balaban J connectivity index is 2.72. The Morgan fingerprint density at radius 3 is 2.65 bits per heavy atom. The van der Waals surface area contributed by atoms with Crippen LogP contribution in [0.5, 0.6) is 0 Å². The summed E-state index contributed by atoms with van der Waals surface area (Å²) in [5.74, 6) is -0.294. The molecule has 0 fully saturated rings. The van der Waals surface area contributed by atoms with Crippen molar-refractivity contribution in [3.05, 3.63) is 46.7 Å². The molecule has 17 heavy (non-hydrogen) atoms. The molecule has 0 amide bonds. The molecule has 0 aliphatic carbocycles. The number of hydrogen-bond donors (Lipinski definition) is 2. The summed E-state index contributed by atoms with van der Waals surface area (Å²) in [6, 6.07) is 8.08. The first-order valence-corrected chi connectivity index (χ1v) is 5.86. The second kappa shape index (κ2) is 4.59. The predicted molar refractivity (Wildman–Crippen MR) is 73.2 cm³/mol. The summed E-state index contributed by atoms with van der Waals surface area (Å²) in [6.45, 7) is 1.88. The fourth-order valence-corrected chi connectivity index (χ4v) is 2.26. The molecule has 0 saturated carbocycles. The number of nitrogens with two attached hydrogens (primary N) is 1. The Morgan fingerprint density at radius 2 is 2.00 bits per heavy atom. The average Bonchev–Trinajstić information content (AvgIpc) is 2.26. The normalized spacial score (nSPS) is 10.6. The van der Waals surface area contributed by atoms with Crippen molar-refractivity contribution in [1.82, 2.24) is 0 Å². The minimum Gasteiger partial charge on any atom is -0.397 e. The maximum absolute atomic E-state index is 13.2. The Bertz CT molecular complexity index is 584. The van der Waals surface area contributed by atoms with Crippen molar-refractivity contribution in [2.24, 2.45) is 0 Å². The molecule has 0 spiro atoms. The molecule has 0 aliphatic heterocycles. The molecule has 0 bridgehead atoms. The minimum atomic E-state index is -0.294. The van der Waals surface area contributed by atoms with E-state index in [9.17, 15) is 4.39 Å². The van der Waals surface area contributed by atoms with E-state index >= 15 is 0 Å². The van der Waals surface area contributed by atoms with Crippen molar-refractivity contribution in [2.45, 2.75) is 11.8 Å². The van der Waals surface area contributed by atoms with Crippen molar-refractivity contribution < 1.29 is 4.39 Å². The third-order valence-electron chi connectivity index (χ3n) is 2.60. The molecule has 2 aromatic rings. The van der Waals surface area contributed by atoms with Crippen molar-refractivity contribution in [3.8, 4) is 11.1 Å². The standard InChI is InChI=1S/C13H11ClFNS/c1-7-5-10(14)13(17)12(16)11(7)8-3-2-4-9(15)6-8/h2-6,17H,16H2,1H3. The van der Waals surface area contributed by atoms with E-state index in [-0.39, 0.29) is 5.82 Å². The van der Waals surface area contributed by atoms with Gasteiger partial charge in [0.2, 0.25) is 0 Å². The van der Waals surface area contributed by atoms with Crippen LogP contribution in [0.2, 0.25) is 5.02 Å². The molecule has 0 heterocycles. The number of rotatable bonds is 1. The highest BCUT2D eigenvalue weighted by Crippen LogP contribution is 2.38. The summed E-state index contributed by atoms with van der Waals surface area (Å²) >= 11 is 10.2. The van der Waals surface area contributed by atoms with E-state index in [4.69, 9.17) is 17.3 Å². The number of benzene rings is 2. The van der Waals surface area contributed by atoms with Gasteiger partial charge < -0.3 is 5.73 Å². The molecule has 4 heteroatoms. The minimum absolute atomic E-state index is 0.294. The van der Waals surface area contributed by atoms with Gasteiger partial charge in [0, 0.05) is 10.5 Å². The van der Waals surface area contributed by atoms with Crippen LogP contribution in [0.3, 0.4) is 0 Å². The molecule has 2 N–H and O–H groups in total. The second-order valence-electron chi connectivity index (χ2n) is 3.82. The van der Waals surface area contributed by atoms with Gasteiger partial charge in [0.15, 0.2) is 0 Å². The Labute approximate surface area is 110 Å². The van der Waals surface area contributed by atoms with Gasteiger partial charge in [-0.1, -0.05) is 23.7 Å². The Kier molecular flexibility index (Phi) is 3.31. The van der Waals surface area contributed by atoms with Crippen LogP contribution in [0.4, 0.5) is 10.1 Å². The monoisotopic (exact) mass is 267 g/mol. The molecule has 88 valence electrons. The van der Waals surface area contributed by atoms with E-state index in [1.54, 1.807) is 12.1 Å². The fourth-order valence-electron chi connectivity index (χ4n) is 1.82. The van der Waals surface area contributed by atoms with Gasteiger partial charge in [-0.2, -0.15) is 0 Å². The Hall–Kier alpha value is -1.19. The lowest BCUT2D eigenvalue weighted by atomic mass is 9.98. The SMILES string of the molecule is Cc1cc(Cl)c(S)c(N)c1-c1cccc(F)c1. The summed E-state index contributed by atoms with van der Waals surface area (Å²) in [6.07, 6.45) is 0. The lowest BCUT2D eigenvalue weighted by Crippen LogP contribution is -1.96. The number of anilines is 1. The summed E-state index contributed by atoms with van der Waals surface area (Å²) in [7, 11) is 0. The second-order valence-corrected chi connectivity index (χ2v) is 4.68. The number of aryl methyl sites for hydroxylation is 1. The molecule has 0 unspecified atom stereocenters. The van der Waals surface area contributed by atoms with Crippen molar-refractivity contribution >= 4 is 29.9 Å². The van der Waals surface area contributed by atoms with Gasteiger partial charge in [0.05, 0.1) is 10.7 Å². The number of halogens is 2. The van der Waals surface area contributed by atoms with Crippen LogP contribution in [0.1, 0.15) is 5.56 Å². The van der Waals surface area contributed by atoms with Gasteiger partial charge >= 0.3 is 0 Å². The highest BCUT2D eigenvalue weighted by Gasteiger charge is 2.12. The van der Waals surface area contributed by atoms with E-state index < -0.39 is 0 Å². The first-order chi connectivity index (χ1) is 8.00. The molecule has 0 atom stereocenters. The first-order valence-electron chi connectivity index (χ1n) is 5.04. The van der Waals surface area contributed by atoms with E-state index in [0.29, 0.717) is 15.6 Å². The molecule has 1 nitrogen and oxygen atoms in total. The molecule has 2 rings (SSSR count). The molecule has 0 saturated heterocycles. The van der Waals surface area contributed by atoms with Crippen LogP contribution < -0.4 is 5.73 Å². The maximum atomic E-state index is 13.2. The zero-order chi connectivity index (χ0) is 12.6. The highest BCUT2D eigenvalue weighted by molar-refractivity contribution is 7.80. The summed E-state index contributed by atoms with van der Waals surface area (Å²) in [5.41, 5.74) is 8.86. The van der Waals surface area contributed by atoms with Crippen molar-refractivity contribution in [3.63, 3.8) is 0 Å². The molecule has 0 aromatic heterocycles. The van der Waals surface area contributed by atoms with Crippen molar-refractivity contribution in [2.75, 3.05) is 5.73 Å². The third kappa shape index (κ3) is 2.26. The largest absolute Gasteiger partial charge is 0.397 e. The quantitative estimate of drug-likeness (QED) is 0.584. The highest BCUT2D eigenvalue weighted by atomic mass is 35.5. The predicted octanol–water partition coefficient (Wildman–Crippen LogP) is 4.33. The number of hydrogen-bond acceptors (Lipinski definition) is 2. The van der Waals surface area contributed by atoms with Gasteiger partial charge in [-0.15, -0.1) is 12.6 Å². The third-order valence-corrected chi connectivity index (χ3v) is 3.51. The Morgan fingerprint density at radius 1 is 1.29 bits per heavy atom. The lowest BCUT2D eigenvalue weighted by Gasteiger charge is -2.13. The van der Waals surface area contributed by atoms with Crippen LogP contribution >= 0.6 is 24.2 Å². The van der Waals surface area contributed by atoms with E-state index in [0.717, 1.165) is 16.7 Å². The summed E-state index contributed by atoms with van der Waals surface area (Å²) in [5, 5.41) is 0.503. The van der Waals surface area contributed by atoms with Gasteiger partial charge in [-0.25, -0.2) is 4.39 Å². The fraction of sp³-hybridized carbons (Fsp3) is 0.0769. The molecular formula is C13H11ClFNS. The van der Waals surface area contributed by atoms with Crippen LogP contribution in [0, 0.1) is 12.7 Å². The zero-order valence-corrected chi connectivity index (χ0v) is 10.8. The van der Waals surface area contributed by atoms with Crippen LogP contribution in [-0.4, -0.2) is 0 Å². The van der Waals surface area contributed by atoms with E-state index in [1.165, 1.54) is 12.1 Å². The van der Waals surface area contributed by atoms with Gasteiger partial charge in [0.1, 0.15) is 5.82 Å². The van der Waals surface area contributed by atoms with Crippen molar-refractivity contribution in [1.29, 1.82) is 0 Å². The molecule has 0 aliphatic rings. The molecule has 2 aromatic carbocycles. The average molecular weight is 268 g/mol. The number of thiol groups is 1. The topological polar surface area (TPSA) is 26.0 Å². The maximum Gasteiger partial charge on any atom is 0.123 e. The molecular weight excluding hydrogens is 257 g/mol. The van der Waals surface area contributed by atoms with E-state index in [1.807, 2.05) is 13.0 Å². The number of nitrogen functional groups attached to an aromatic ring is 1. The van der Waals surface area contributed by atoms with E-state index in [2.05, 4.69) is 12.6 Å². The smallest absolute Gasteiger partial charge is 0.123 e. The summed E-state index contributed by atoms with van der Waals surface area (Å²) in [4.78, 5) is 0.525. The zero-order valence-electron chi connectivity index (χ0n) is 9.17. The van der Waals surface area contributed by atoms with Gasteiger partial charge in [0.25, 0.3) is 0 Å². The molecule has 0 radical (unpaired) electrons. The van der Waals surface area contributed by atoms with Crippen LogP contribution in [-0.2, 0) is 0 Å². The lowest BCUT2D eigenvalue weighted by molar-refractivity contribution is 0.628. The van der Waals surface area contributed by atoms with Crippen LogP contribution in [0.15, 0.2) is 35.2 Å².